The van der Waals surface area contributed by atoms with E-state index < -0.39 is 5.97 Å². The number of fused-ring (bicyclic) bond motifs is 1. The fourth-order valence-corrected chi connectivity index (χ4v) is 1.71. The standard InChI is InChI=1S/C12H14N2O4/c1-14-9-6-8(7-13-5-4-11(15)16)2-3-10(9)18-12(14)17/h2-3,6,13H,4-5,7H2,1H3,(H,15,16). The molecule has 0 spiro atoms. The lowest BCUT2D eigenvalue weighted by Gasteiger charge is -2.03. The van der Waals surface area contributed by atoms with Crippen LogP contribution in [-0.2, 0) is 18.4 Å². The van der Waals surface area contributed by atoms with Gasteiger partial charge in [-0.25, -0.2) is 4.79 Å². The number of carboxylic acid groups (broad SMARTS) is 1. The molecule has 0 fully saturated rings. The van der Waals surface area contributed by atoms with Gasteiger partial charge < -0.3 is 14.8 Å². The van der Waals surface area contributed by atoms with Crippen molar-refractivity contribution in [1.82, 2.24) is 9.88 Å². The monoisotopic (exact) mass is 250 g/mol. The number of aliphatic carboxylic acids is 1. The van der Waals surface area contributed by atoms with Gasteiger partial charge in [-0.05, 0) is 17.7 Å². The van der Waals surface area contributed by atoms with Crippen molar-refractivity contribution in [3.63, 3.8) is 0 Å². The number of hydrogen-bond acceptors (Lipinski definition) is 4. The Hall–Kier alpha value is -2.08. The number of benzene rings is 1. The molecule has 0 aliphatic carbocycles. The second-order valence-electron chi connectivity index (χ2n) is 4.05. The van der Waals surface area contributed by atoms with Gasteiger partial charge in [0.1, 0.15) is 0 Å². The van der Waals surface area contributed by atoms with Gasteiger partial charge in [-0.2, -0.15) is 0 Å². The van der Waals surface area contributed by atoms with E-state index in [2.05, 4.69) is 5.32 Å². The summed E-state index contributed by atoms with van der Waals surface area (Å²) in [5, 5.41) is 11.5. The quantitative estimate of drug-likeness (QED) is 0.763. The first-order valence-corrected chi connectivity index (χ1v) is 5.59. The molecule has 0 unspecified atom stereocenters. The topological polar surface area (TPSA) is 84.5 Å². The normalized spacial score (nSPS) is 10.9. The van der Waals surface area contributed by atoms with Crippen LogP contribution in [0.25, 0.3) is 11.1 Å². The van der Waals surface area contributed by atoms with Crippen molar-refractivity contribution in [3.8, 4) is 0 Å². The molecule has 0 amide bonds. The zero-order chi connectivity index (χ0) is 13.1. The van der Waals surface area contributed by atoms with Gasteiger partial charge in [0.15, 0.2) is 5.58 Å². The summed E-state index contributed by atoms with van der Waals surface area (Å²) in [7, 11) is 1.65. The molecule has 1 aromatic carbocycles. The van der Waals surface area contributed by atoms with Crippen molar-refractivity contribution in [2.24, 2.45) is 7.05 Å². The van der Waals surface area contributed by atoms with E-state index in [4.69, 9.17) is 9.52 Å². The van der Waals surface area contributed by atoms with E-state index in [0.29, 0.717) is 18.7 Å². The van der Waals surface area contributed by atoms with Gasteiger partial charge in [0.2, 0.25) is 0 Å². The van der Waals surface area contributed by atoms with Crippen LogP contribution in [0.5, 0.6) is 0 Å². The number of nitrogens with one attached hydrogen (secondary N) is 1. The molecular weight excluding hydrogens is 236 g/mol. The SMILES string of the molecule is Cn1c(=O)oc2ccc(CNCCC(=O)O)cc21. The Kier molecular flexibility index (Phi) is 3.47. The molecule has 18 heavy (non-hydrogen) atoms. The van der Waals surface area contributed by atoms with Crippen molar-refractivity contribution in [2.75, 3.05) is 6.54 Å². The molecule has 2 aromatic rings. The maximum atomic E-state index is 11.3. The largest absolute Gasteiger partial charge is 0.481 e. The highest BCUT2D eigenvalue weighted by atomic mass is 16.4. The van der Waals surface area contributed by atoms with Crippen LogP contribution >= 0.6 is 0 Å². The molecule has 2 N–H and O–H groups in total. The highest BCUT2D eigenvalue weighted by molar-refractivity contribution is 5.73. The molecular formula is C12H14N2O4. The minimum absolute atomic E-state index is 0.0897. The smallest absolute Gasteiger partial charge is 0.419 e. The Morgan fingerprint density at radius 2 is 2.28 bits per heavy atom. The number of carbonyl (C=O) groups is 1. The van der Waals surface area contributed by atoms with Crippen LogP contribution in [0.1, 0.15) is 12.0 Å². The molecule has 96 valence electrons. The second-order valence-corrected chi connectivity index (χ2v) is 4.05. The maximum Gasteiger partial charge on any atom is 0.419 e. The van der Waals surface area contributed by atoms with Gasteiger partial charge in [-0.15, -0.1) is 0 Å². The van der Waals surface area contributed by atoms with Crippen LogP contribution in [0.2, 0.25) is 0 Å². The summed E-state index contributed by atoms with van der Waals surface area (Å²) in [4.78, 5) is 21.6. The van der Waals surface area contributed by atoms with Crippen LogP contribution in [0.3, 0.4) is 0 Å². The molecule has 1 heterocycles. The maximum absolute atomic E-state index is 11.3. The molecule has 0 saturated heterocycles. The number of aromatic nitrogens is 1. The first-order valence-electron chi connectivity index (χ1n) is 5.59. The highest BCUT2D eigenvalue weighted by Gasteiger charge is 2.06. The fraction of sp³-hybridized carbons (Fsp3) is 0.333. The van der Waals surface area contributed by atoms with E-state index in [1.165, 1.54) is 4.57 Å². The zero-order valence-electron chi connectivity index (χ0n) is 9.97. The summed E-state index contributed by atoms with van der Waals surface area (Å²) in [6.07, 6.45) is 0.0897. The summed E-state index contributed by atoms with van der Waals surface area (Å²) in [5.74, 6) is -1.21. The van der Waals surface area contributed by atoms with Gasteiger partial charge in [0.25, 0.3) is 0 Å². The summed E-state index contributed by atoms with van der Waals surface area (Å²) >= 11 is 0. The number of oxazole rings is 1. The number of rotatable bonds is 5. The number of hydrogen-bond donors (Lipinski definition) is 2. The molecule has 0 atom stereocenters. The van der Waals surface area contributed by atoms with E-state index in [1.807, 2.05) is 12.1 Å². The minimum atomic E-state index is -0.824. The van der Waals surface area contributed by atoms with Gasteiger partial charge in [0.05, 0.1) is 11.9 Å². The first-order chi connectivity index (χ1) is 8.58. The van der Waals surface area contributed by atoms with Gasteiger partial charge in [-0.1, -0.05) is 6.07 Å². The first kappa shape index (κ1) is 12.4. The Bertz CT molecular complexity index is 627. The third-order valence-electron chi connectivity index (χ3n) is 2.70. The molecule has 1 aromatic heterocycles. The van der Waals surface area contributed by atoms with Crippen LogP contribution in [-0.4, -0.2) is 22.2 Å². The predicted octanol–water partition coefficient (Wildman–Crippen LogP) is 0.696. The van der Waals surface area contributed by atoms with Crippen molar-refractivity contribution in [3.05, 3.63) is 34.3 Å². The molecule has 0 radical (unpaired) electrons. The van der Waals surface area contributed by atoms with Crippen molar-refractivity contribution >= 4 is 17.1 Å². The lowest BCUT2D eigenvalue weighted by molar-refractivity contribution is -0.136. The summed E-state index contributed by atoms with van der Waals surface area (Å²) < 4.78 is 6.46. The molecule has 0 aliphatic heterocycles. The summed E-state index contributed by atoms with van der Waals surface area (Å²) in [6, 6.07) is 5.44. The Morgan fingerprint density at radius 1 is 1.50 bits per heavy atom. The minimum Gasteiger partial charge on any atom is -0.481 e. The fourth-order valence-electron chi connectivity index (χ4n) is 1.71. The number of aryl methyl sites for hydroxylation is 1. The lowest BCUT2D eigenvalue weighted by Crippen LogP contribution is -2.17. The van der Waals surface area contributed by atoms with Crippen LogP contribution in [0.15, 0.2) is 27.4 Å². The third-order valence-corrected chi connectivity index (χ3v) is 2.70. The van der Waals surface area contributed by atoms with E-state index in [1.54, 1.807) is 13.1 Å². The number of nitrogens with zero attached hydrogens (tertiary/aromatic N) is 1. The van der Waals surface area contributed by atoms with E-state index in [-0.39, 0.29) is 12.2 Å². The molecule has 0 saturated carbocycles. The van der Waals surface area contributed by atoms with Crippen molar-refractivity contribution in [2.45, 2.75) is 13.0 Å². The van der Waals surface area contributed by atoms with Crippen molar-refractivity contribution in [1.29, 1.82) is 0 Å². The van der Waals surface area contributed by atoms with Crippen LogP contribution in [0.4, 0.5) is 0 Å². The van der Waals surface area contributed by atoms with E-state index >= 15 is 0 Å². The molecule has 6 nitrogen and oxygen atoms in total. The Labute approximate surface area is 103 Å². The highest BCUT2D eigenvalue weighted by Crippen LogP contribution is 2.13. The Morgan fingerprint density at radius 3 is 3.00 bits per heavy atom. The van der Waals surface area contributed by atoms with Gasteiger partial charge in [0, 0.05) is 20.1 Å². The average molecular weight is 250 g/mol. The lowest BCUT2D eigenvalue weighted by atomic mass is 10.2. The van der Waals surface area contributed by atoms with Gasteiger partial charge >= 0.3 is 11.7 Å². The van der Waals surface area contributed by atoms with Crippen LogP contribution < -0.4 is 11.1 Å². The average Bonchev–Trinajstić information content (AvgIpc) is 2.61. The summed E-state index contributed by atoms with van der Waals surface area (Å²) in [6.45, 7) is 0.972. The second kappa shape index (κ2) is 5.05. The van der Waals surface area contributed by atoms with E-state index in [0.717, 1.165) is 11.1 Å². The van der Waals surface area contributed by atoms with Crippen LogP contribution in [0, 0.1) is 0 Å². The van der Waals surface area contributed by atoms with Crippen molar-refractivity contribution < 1.29 is 14.3 Å². The molecule has 0 bridgehead atoms. The van der Waals surface area contributed by atoms with E-state index in [9.17, 15) is 9.59 Å². The zero-order valence-corrected chi connectivity index (χ0v) is 9.97. The third kappa shape index (κ3) is 2.60. The molecule has 0 aliphatic rings. The number of carboxylic acids is 1. The van der Waals surface area contributed by atoms with Gasteiger partial charge in [-0.3, -0.25) is 9.36 Å². The summed E-state index contributed by atoms with van der Waals surface area (Å²) in [5.41, 5.74) is 2.26. The molecule has 2 rings (SSSR count). The Balaban J connectivity index is 2.08. The predicted molar refractivity (Wildman–Crippen MR) is 65.4 cm³/mol. The molecule has 6 heteroatoms.